The van der Waals surface area contributed by atoms with E-state index in [1.807, 2.05) is 10.7 Å². The lowest BCUT2D eigenvalue weighted by molar-refractivity contribution is -0.141. The van der Waals surface area contributed by atoms with E-state index in [2.05, 4.69) is 20.4 Å². The number of benzene rings is 1. The Balaban J connectivity index is 1.59. The summed E-state index contributed by atoms with van der Waals surface area (Å²) in [6.45, 7) is 1.98. The van der Waals surface area contributed by atoms with Gasteiger partial charge in [-0.25, -0.2) is 9.97 Å². The first-order valence-corrected chi connectivity index (χ1v) is 10.1. The van der Waals surface area contributed by atoms with E-state index in [1.54, 1.807) is 19.2 Å². The third-order valence-corrected chi connectivity index (χ3v) is 5.79. The van der Waals surface area contributed by atoms with Crippen LogP contribution in [0.3, 0.4) is 0 Å². The average Bonchev–Trinajstić information content (AvgIpc) is 3.16. The fraction of sp³-hybridized carbons (Fsp3) is 0.429. The molecule has 1 fully saturated rings. The van der Waals surface area contributed by atoms with E-state index < -0.39 is 23.5 Å². The van der Waals surface area contributed by atoms with E-state index in [9.17, 15) is 23.1 Å². The summed E-state index contributed by atoms with van der Waals surface area (Å²) in [7, 11) is 0. The van der Waals surface area contributed by atoms with Crippen molar-refractivity contribution in [2.45, 2.75) is 44.8 Å². The summed E-state index contributed by atoms with van der Waals surface area (Å²) < 4.78 is 41.4. The van der Waals surface area contributed by atoms with Gasteiger partial charge in [-0.2, -0.15) is 18.3 Å². The van der Waals surface area contributed by atoms with Crippen LogP contribution in [0, 0.1) is 12.8 Å². The molecule has 3 aromatic rings. The molecule has 164 valence electrons. The van der Waals surface area contributed by atoms with Crippen LogP contribution < -0.4 is 5.32 Å². The van der Waals surface area contributed by atoms with Crippen LogP contribution in [0.25, 0.3) is 10.9 Å². The number of aliphatic hydroxyl groups is 1. The molecule has 1 aromatic carbocycles. The molecule has 1 aliphatic carbocycles. The number of aromatic nitrogens is 4. The third-order valence-electron chi connectivity index (χ3n) is 5.79. The predicted octanol–water partition coefficient (Wildman–Crippen LogP) is 4.13. The highest BCUT2D eigenvalue weighted by atomic mass is 19.4. The quantitative estimate of drug-likeness (QED) is 0.645. The van der Waals surface area contributed by atoms with Crippen LogP contribution in [-0.4, -0.2) is 37.4 Å². The van der Waals surface area contributed by atoms with Gasteiger partial charge < -0.3 is 10.4 Å². The Morgan fingerprint density at radius 2 is 1.90 bits per heavy atom. The molecule has 0 spiro atoms. The lowest BCUT2D eigenvalue weighted by Gasteiger charge is -2.28. The fourth-order valence-corrected chi connectivity index (χ4v) is 4.09. The number of amides is 1. The van der Waals surface area contributed by atoms with Gasteiger partial charge in [-0.05, 0) is 56.2 Å². The van der Waals surface area contributed by atoms with Gasteiger partial charge in [-0.1, -0.05) is 0 Å². The van der Waals surface area contributed by atoms with Gasteiger partial charge in [-0.15, -0.1) is 0 Å². The summed E-state index contributed by atoms with van der Waals surface area (Å²) in [5.74, 6) is -0.637. The van der Waals surface area contributed by atoms with E-state index in [0.717, 1.165) is 49.0 Å². The Labute approximate surface area is 176 Å². The minimum atomic E-state index is -4.78. The maximum atomic E-state index is 13.2. The lowest BCUT2D eigenvalue weighted by atomic mass is 9.86. The Kier molecular flexibility index (Phi) is 5.65. The number of alkyl halides is 3. The Hall–Kier alpha value is -3.01. The molecule has 10 heteroatoms. The van der Waals surface area contributed by atoms with E-state index in [1.165, 1.54) is 0 Å². The maximum Gasteiger partial charge on any atom is 0.435 e. The fourth-order valence-electron chi connectivity index (χ4n) is 4.09. The second-order valence-corrected chi connectivity index (χ2v) is 7.88. The SMILES string of the molecule is Cc1cc2c(cnn2C2CCC(CO)CC2)cc1NC(=O)c1nccnc1C(F)(F)F. The molecule has 0 radical (unpaired) electrons. The number of fused-ring (bicyclic) bond motifs is 1. The second-order valence-electron chi connectivity index (χ2n) is 7.88. The van der Waals surface area contributed by atoms with E-state index in [-0.39, 0.29) is 12.6 Å². The number of halogens is 3. The summed E-state index contributed by atoms with van der Waals surface area (Å²) in [5, 5.41) is 17.1. The number of hydrogen-bond acceptors (Lipinski definition) is 5. The summed E-state index contributed by atoms with van der Waals surface area (Å²) in [5.41, 5.74) is -0.106. The van der Waals surface area contributed by atoms with Crippen LogP contribution in [-0.2, 0) is 6.18 Å². The first-order valence-electron chi connectivity index (χ1n) is 10.1. The standard InChI is InChI=1S/C21H22F3N5O2/c1-12-8-17-14(10-27-29(17)15-4-2-13(11-30)3-5-15)9-16(12)28-20(31)18-19(21(22,23)24)26-7-6-25-18/h6-10,13,15,30H,2-5,11H2,1H3,(H,28,31). The molecule has 1 amide bonds. The summed E-state index contributed by atoms with van der Waals surface area (Å²) in [6.07, 6.45) is 2.58. The largest absolute Gasteiger partial charge is 0.435 e. The van der Waals surface area contributed by atoms with Crippen molar-refractivity contribution in [2.24, 2.45) is 5.92 Å². The third kappa shape index (κ3) is 4.25. The molecule has 0 unspecified atom stereocenters. The number of carbonyl (C=O) groups is 1. The lowest BCUT2D eigenvalue weighted by Crippen LogP contribution is -2.22. The molecule has 2 heterocycles. The zero-order valence-corrected chi connectivity index (χ0v) is 16.9. The van der Waals surface area contributed by atoms with E-state index in [4.69, 9.17) is 0 Å². The summed E-state index contributed by atoms with van der Waals surface area (Å²) in [4.78, 5) is 19.4. The highest BCUT2D eigenvalue weighted by molar-refractivity contribution is 6.05. The van der Waals surface area contributed by atoms with Gasteiger partial charge in [0.25, 0.3) is 5.91 Å². The predicted molar refractivity (Wildman–Crippen MR) is 108 cm³/mol. The zero-order chi connectivity index (χ0) is 22.2. The molecule has 1 saturated carbocycles. The number of nitrogens with one attached hydrogen (secondary N) is 1. The van der Waals surface area contributed by atoms with Crippen molar-refractivity contribution in [1.82, 2.24) is 19.7 Å². The van der Waals surface area contributed by atoms with Crippen LogP contribution in [0.1, 0.15) is 53.5 Å². The van der Waals surface area contributed by atoms with Crippen molar-refractivity contribution in [3.05, 3.63) is 47.7 Å². The Bertz CT molecular complexity index is 1100. The minimum absolute atomic E-state index is 0.205. The van der Waals surface area contributed by atoms with Gasteiger partial charge in [0.05, 0.1) is 17.8 Å². The average molecular weight is 433 g/mol. The molecule has 7 nitrogen and oxygen atoms in total. The maximum absolute atomic E-state index is 13.2. The highest BCUT2D eigenvalue weighted by Gasteiger charge is 2.38. The first-order chi connectivity index (χ1) is 14.8. The van der Waals surface area contributed by atoms with Crippen LogP contribution in [0.5, 0.6) is 0 Å². The van der Waals surface area contributed by atoms with Gasteiger partial charge in [0.2, 0.25) is 0 Å². The molecule has 0 atom stereocenters. The number of hydrogen-bond donors (Lipinski definition) is 2. The van der Waals surface area contributed by atoms with Gasteiger partial charge in [0.15, 0.2) is 11.4 Å². The molecule has 1 aliphatic rings. The van der Waals surface area contributed by atoms with Crippen molar-refractivity contribution in [2.75, 3.05) is 11.9 Å². The second kappa shape index (κ2) is 8.26. The van der Waals surface area contributed by atoms with Crippen molar-refractivity contribution >= 4 is 22.5 Å². The minimum Gasteiger partial charge on any atom is -0.396 e. The molecular weight excluding hydrogens is 411 g/mol. The first kappa shape index (κ1) is 21.2. The summed E-state index contributed by atoms with van der Waals surface area (Å²) in [6, 6.07) is 3.81. The molecule has 0 saturated heterocycles. The van der Waals surface area contributed by atoms with Crippen molar-refractivity contribution in [1.29, 1.82) is 0 Å². The van der Waals surface area contributed by atoms with Gasteiger partial charge >= 0.3 is 6.18 Å². The van der Waals surface area contributed by atoms with E-state index in [0.29, 0.717) is 17.2 Å². The normalized spacial score (nSPS) is 19.5. The summed E-state index contributed by atoms with van der Waals surface area (Å²) >= 11 is 0. The molecule has 2 aromatic heterocycles. The molecule has 0 aliphatic heterocycles. The highest BCUT2D eigenvalue weighted by Crippen LogP contribution is 2.35. The molecule has 4 rings (SSSR count). The van der Waals surface area contributed by atoms with Crippen molar-refractivity contribution in [3.8, 4) is 0 Å². The topological polar surface area (TPSA) is 92.9 Å². The number of nitrogens with zero attached hydrogens (tertiary/aromatic N) is 4. The van der Waals surface area contributed by atoms with Crippen LogP contribution in [0.2, 0.25) is 0 Å². The van der Waals surface area contributed by atoms with Gasteiger partial charge in [0, 0.05) is 30.1 Å². The van der Waals surface area contributed by atoms with Gasteiger partial charge in [-0.3, -0.25) is 9.48 Å². The zero-order valence-electron chi connectivity index (χ0n) is 16.9. The number of aliphatic hydroxyl groups excluding tert-OH is 1. The Morgan fingerprint density at radius 1 is 1.19 bits per heavy atom. The van der Waals surface area contributed by atoms with Crippen LogP contribution >= 0.6 is 0 Å². The monoisotopic (exact) mass is 433 g/mol. The molecular formula is C21H22F3N5O2. The molecule has 31 heavy (non-hydrogen) atoms. The molecule has 0 bridgehead atoms. The molecule has 2 N–H and O–H groups in total. The van der Waals surface area contributed by atoms with Gasteiger partial charge in [0.1, 0.15) is 0 Å². The van der Waals surface area contributed by atoms with Crippen LogP contribution in [0.4, 0.5) is 18.9 Å². The van der Waals surface area contributed by atoms with E-state index >= 15 is 0 Å². The van der Waals surface area contributed by atoms with Crippen molar-refractivity contribution in [3.63, 3.8) is 0 Å². The Morgan fingerprint density at radius 3 is 2.58 bits per heavy atom. The number of anilines is 1. The number of carbonyl (C=O) groups excluding carboxylic acids is 1. The number of aryl methyl sites for hydroxylation is 1. The van der Waals surface area contributed by atoms with Crippen LogP contribution in [0.15, 0.2) is 30.7 Å². The number of rotatable bonds is 4. The smallest absolute Gasteiger partial charge is 0.396 e. The van der Waals surface area contributed by atoms with Crippen molar-refractivity contribution < 1.29 is 23.1 Å².